The lowest BCUT2D eigenvalue weighted by Gasteiger charge is -1.91. The normalized spacial score (nSPS) is 11.0. The van der Waals surface area contributed by atoms with Crippen molar-refractivity contribution in [2.24, 2.45) is 14.1 Å². The topological polar surface area (TPSA) is 75.6 Å². The molecule has 0 fully saturated rings. The summed E-state index contributed by atoms with van der Waals surface area (Å²) in [6.45, 7) is 0. The van der Waals surface area contributed by atoms with Crippen LogP contribution in [0.1, 0.15) is 0 Å². The van der Waals surface area contributed by atoms with Gasteiger partial charge in [0, 0.05) is 14.1 Å². The van der Waals surface area contributed by atoms with Crippen LogP contribution in [0.2, 0.25) is 0 Å². The van der Waals surface area contributed by atoms with E-state index in [0.717, 1.165) is 0 Å². The molecule has 0 aliphatic heterocycles. The van der Waals surface area contributed by atoms with Gasteiger partial charge in [-0.25, -0.2) is 4.79 Å². The second-order valence-electron chi connectivity index (χ2n) is 3.01. The van der Waals surface area contributed by atoms with Gasteiger partial charge in [0.2, 0.25) is 0 Å². The maximum Gasteiger partial charge on any atom is 0.327 e. The average molecular weight is 212 g/mol. The first-order chi connectivity index (χ1) is 6.52. The lowest BCUT2D eigenvalue weighted by Crippen LogP contribution is -2.23. The van der Waals surface area contributed by atoms with E-state index in [2.05, 4.69) is 9.97 Å². The van der Waals surface area contributed by atoms with Crippen LogP contribution >= 0.6 is 12.2 Å². The van der Waals surface area contributed by atoms with Crippen molar-refractivity contribution in [2.75, 3.05) is 0 Å². The Hall–Kier alpha value is -1.63. The quantitative estimate of drug-likeness (QED) is 0.585. The van der Waals surface area contributed by atoms with Crippen LogP contribution in [0.3, 0.4) is 0 Å². The SMILES string of the molecule is Cn1c(=S)n(C)c2c(=O)[nH]c(=O)[nH]c21. The summed E-state index contributed by atoms with van der Waals surface area (Å²) in [5.41, 5.74) is -0.153. The van der Waals surface area contributed by atoms with E-state index in [4.69, 9.17) is 12.2 Å². The van der Waals surface area contributed by atoms with E-state index >= 15 is 0 Å². The number of imidazole rings is 1. The molecule has 2 aromatic heterocycles. The largest absolute Gasteiger partial charge is 0.327 e. The molecular formula is C7H8N4O2S. The molecule has 2 rings (SSSR count). The summed E-state index contributed by atoms with van der Waals surface area (Å²) in [7, 11) is 3.37. The zero-order chi connectivity index (χ0) is 10.5. The molecule has 0 unspecified atom stereocenters. The lowest BCUT2D eigenvalue weighted by molar-refractivity contribution is 0.829. The highest BCUT2D eigenvalue weighted by molar-refractivity contribution is 7.71. The zero-order valence-electron chi connectivity index (χ0n) is 7.62. The smallest absolute Gasteiger partial charge is 0.314 e. The van der Waals surface area contributed by atoms with E-state index in [9.17, 15) is 9.59 Å². The standard InChI is InChI=1S/C7H8N4O2S/c1-10-3-4(11(2)7(10)14)8-6(13)9-5(3)12/h1-2H3,(H2,8,9,12,13). The molecule has 2 heterocycles. The molecule has 6 nitrogen and oxygen atoms in total. The zero-order valence-corrected chi connectivity index (χ0v) is 8.44. The van der Waals surface area contributed by atoms with Crippen molar-refractivity contribution in [1.29, 1.82) is 0 Å². The summed E-state index contributed by atoms with van der Waals surface area (Å²) in [5, 5.41) is 0. The van der Waals surface area contributed by atoms with Gasteiger partial charge in [-0.3, -0.25) is 14.8 Å². The number of aromatic amines is 2. The van der Waals surface area contributed by atoms with Gasteiger partial charge in [-0.2, -0.15) is 0 Å². The average Bonchev–Trinajstić information content (AvgIpc) is 2.31. The van der Waals surface area contributed by atoms with Crippen molar-refractivity contribution in [2.45, 2.75) is 0 Å². The highest BCUT2D eigenvalue weighted by Gasteiger charge is 2.09. The van der Waals surface area contributed by atoms with E-state index < -0.39 is 11.2 Å². The van der Waals surface area contributed by atoms with Gasteiger partial charge in [0.15, 0.2) is 10.3 Å². The summed E-state index contributed by atoms with van der Waals surface area (Å²) < 4.78 is 3.62. The molecule has 0 aliphatic carbocycles. The van der Waals surface area contributed by atoms with Crippen LogP contribution in [0, 0.1) is 4.77 Å². The molecule has 0 aromatic carbocycles. The van der Waals surface area contributed by atoms with Crippen LogP contribution < -0.4 is 11.2 Å². The monoisotopic (exact) mass is 212 g/mol. The van der Waals surface area contributed by atoms with Crippen LogP contribution in [0.15, 0.2) is 9.59 Å². The molecule has 0 spiro atoms. The Morgan fingerprint density at radius 3 is 2.43 bits per heavy atom. The van der Waals surface area contributed by atoms with Gasteiger partial charge in [-0.15, -0.1) is 0 Å². The molecule has 0 saturated carbocycles. The Balaban J connectivity index is 3.27. The van der Waals surface area contributed by atoms with Gasteiger partial charge < -0.3 is 9.13 Å². The van der Waals surface area contributed by atoms with Gasteiger partial charge in [0.05, 0.1) is 0 Å². The van der Waals surface area contributed by atoms with Gasteiger partial charge >= 0.3 is 5.69 Å². The van der Waals surface area contributed by atoms with Gasteiger partial charge in [0.25, 0.3) is 5.56 Å². The third-order valence-electron chi connectivity index (χ3n) is 2.14. The summed E-state index contributed by atoms with van der Waals surface area (Å²) >= 11 is 5.05. The van der Waals surface area contributed by atoms with E-state index in [1.807, 2.05) is 0 Å². The van der Waals surface area contributed by atoms with Crippen molar-refractivity contribution in [3.05, 3.63) is 25.6 Å². The third-order valence-corrected chi connectivity index (χ3v) is 2.69. The van der Waals surface area contributed by atoms with Crippen molar-refractivity contribution >= 4 is 23.4 Å². The number of hydrogen-bond acceptors (Lipinski definition) is 3. The minimum Gasteiger partial charge on any atom is -0.314 e. The van der Waals surface area contributed by atoms with E-state index in [0.29, 0.717) is 15.9 Å². The summed E-state index contributed by atoms with van der Waals surface area (Å²) in [4.78, 5) is 27.1. The number of aromatic nitrogens is 4. The minimum absolute atomic E-state index is 0.372. The number of hydrogen-bond donors (Lipinski definition) is 2. The highest BCUT2D eigenvalue weighted by Crippen LogP contribution is 2.05. The first-order valence-corrected chi connectivity index (χ1v) is 4.31. The Morgan fingerprint density at radius 2 is 1.79 bits per heavy atom. The Morgan fingerprint density at radius 1 is 1.14 bits per heavy atom. The third kappa shape index (κ3) is 0.987. The predicted molar refractivity (Wildman–Crippen MR) is 54.0 cm³/mol. The molecule has 0 radical (unpaired) electrons. The summed E-state index contributed by atoms with van der Waals surface area (Å²) in [5.74, 6) is 0. The second kappa shape index (κ2) is 2.68. The Labute approximate surface area is 82.8 Å². The van der Waals surface area contributed by atoms with Gasteiger partial charge in [-0.1, -0.05) is 0 Å². The van der Waals surface area contributed by atoms with Crippen molar-refractivity contribution in [3.8, 4) is 0 Å². The number of H-pyrrole nitrogens is 2. The maximum absolute atomic E-state index is 11.4. The number of nitrogens with one attached hydrogen (secondary N) is 2. The molecule has 0 atom stereocenters. The van der Waals surface area contributed by atoms with Gasteiger partial charge in [0.1, 0.15) is 5.65 Å². The molecule has 74 valence electrons. The van der Waals surface area contributed by atoms with Crippen LogP contribution in [0.4, 0.5) is 0 Å². The molecule has 0 bridgehead atoms. The fourth-order valence-electron chi connectivity index (χ4n) is 1.44. The van der Waals surface area contributed by atoms with Crippen LogP contribution in [0.25, 0.3) is 11.2 Å². The fraction of sp³-hybridized carbons (Fsp3) is 0.286. The summed E-state index contributed by atoms with van der Waals surface area (Å²) in [6, 6.07) is 0. The molecule has 2 aromatic rings. The number of fused-ring (bicyclic) bond motifs is 1. The minimum atomic E-state index is -0.529. The lowest BCUT2D eigenvalue weighted by atomic mass is 10.5. The maximum atomic E-state index is 11.4. The first-order valence-electron chi connectivity index (χ1n) is 3.90. The summed E-state index contributed by atoms with van der Waals surface area (Å²) in [6.07, 6.45) is 0. The molecule has 7 heteroatoms. The van der Waals surface area contributed by atoms with Crippen molar-refractivity contribution < 1.29 is 0 Å². The van der Waals surface area contributed by atoms with E-state index in [-0.39, 0.29) is 0 Å². The fourth-order valence-corrected chi connectivity index (χ4v) is 1.62. The molecule has 2 N–H and O–H groups in total. The van der Waals surface area contributed by atoms with Crippen LogP contribution in [0.5, 0.6) is 0 Å². The van der Waals surface area contributed by atoms with Crippen LogP contribution in [-0.4, -0.2) is 19.1 Å². The first kappa shape index (κ1) is 8.95. The van der Waals surface area contributed by atoms with Crippen molar-refractivity contribution in [1.82, 2.24) is 19.1 Å². The predicted octanol–water partition coefficient (Wildman–Crippen LogP) is -0.377. The molecular weight excluding hydrogens is 204 g/mol. The molecule has 0 amide bonds. The molecule has 0 saturated heterocycles. The van der Waals surface area contributed by atoms with E-state index in [1.165, 1.54) is 0 Å². The van der Waals surface area contributed by atoms with Gasteiger partial charge in [-0.05, 0) is 12.2 Å². The second-order valence-corrected chi connectivity index (χ2v) is 3.37. The highest BCUT2D eigenvalue weighted by atomic mass is 32.1. The molecule has 0 aliphatic rings. The Kier molecular flexibility index (Phi) is 1.71. The molecule has 14 heavy (non-hydrogen) atoms. The van der Waals surface area contributed by atoms with Crippen LogP contribution in [-0.2, 0) is 14.1 Å². The van der Waals surface area contributed by atoms with Crippen molar-refractivity contribution in [3.63, 3.8) is 0 Å². The Bertz CT molecular complexity index is 672. The number of aryl methyl sites for hydroxylation is 2. The number of nitrogens with zero attached hydrogens (tertiary/aromatic N) is 2. The van der Waals surface area contributed by atoms with E-state index in [1.54, 1.807) is 23.2 Å². The number of rotatable bonds is 0.